The van der Waals surface area contributed by atoms with Crippen molar-refractivity contribution in [1.82, 2.24) is 0 Å². The van der Waals surface area contributed by atoms with Crippen LogP contribution in [0.5, 0.6) is 0 Å². The van der Waals surface area contributed by atoms with Crippen molar-refractivity contribution in [3.8, 4) is 0 Å². The summed E-state index contributed by atoms with van der Waals surface area (Å²) in [5.41, 5.74) is 0. The molecule has 0 bridgehead atoms. The van der Waals surface area contributed by atoms with Gasteiger partial charge in [0.2, 0.25) is 0 Å². The van der Waals surface area contributed by atoms with Crippen LogP contribution in [0.25, 0.3) is 0 Å². The van der Waals surface area contributed by atoms with Crippen molar-refractivity contribution in [3.63, 3.8) is 0 Å². The standard InChI is InChI=1S/C4H10O.C3H8O3.C3H8O/c1-2-3-4-5;4-1-3(6)2-5;1-2-3-4/h5H,2-4H2,1H3;3-6H,1-2H2;4H,2-3H2,1H3. The van der Waals surface area contributed by atoms with Crippen LogP contribution in [0.2, 0.25) is 0 Å². The van der Waals surface area contributed by atoms with Crippen molar-refractivity contribution in [1.29, 1.82) is 0 Å². The molecule has 0 saturated carbocycles. The molecule has 5 N–H and O–H groups in total. The number of unbranched alkanes of at least 4 members (excludes halogenated alkanes) is 1. The maximum Gasteiger partial charge on any atom is 0.100 e. The van der Waals surface area contributed by atoms with Gasteiger partial charge in [0.25, 0.3) is 0 Å². The Labute approximate surface area is 92.0 Å². The third-order valence-electron chi connectivity index (χ3n) is 1.16. The molecule has 0 aliphatic rings. The average Bonchev–Trinajstić information content (AvgIpc) is 2.30. The van der Waals surface area contributed by atoms with Crippen LogP contribution in [0, 0.1) is 0 Å². The molecule has 0 spiro atoms. The Morgan fingerprint density at radius 3 is 1.20 bits per heavy atom. The van der Waals surface area contributed by atoms with Gasteiger partial charge in [-0.25, -0.2) is 0 Å². The molecule has 0 atom stereocenters. The van der Waals surface area contributed by atoms with E-state index in [1.165, 1.54) is 0 Å². The topological polar surface area (TPSA) is 101 Å². The maximum atomic E-state index is 8.17. The molecule has 0 rings (SSSR count). The molecule has 96 valence electrons. The Kier molecular flexibility index (Phi) is 31.8. The predicted molar refractivity (Wildman–Crippen MR) is 59.5 cm³/mol. The van der Waals surface area contributed by atoms with Gasteiger partial charge in [0.1, 0.15) is 6.10 Å². The fourth-order valence-corrected chi connectivity index (χ4v) is 0.216. The summed E-state index contributed by atoms with van der Waals surface area (Å²) in [6, 6.07) is 0. The van der Waals surface area contributed by atoms with Crippen molar-refractivity contribution in [3.05, 3.63) is 0 Å². The largest absolute Gasteiger partial charge is 0.396 e. The maximum absolute atomic E-state index is 8.17. The molecule has 15 heavy (non-hydrogen) atoms. The highest BCUT2D eigenvalue weighted by Crippen LogP contribution is 1.78. The molecule has 0 unspecified atom stereocenters. The molecule has 5 nitrogen and oxygen atoms in total. The molecule has 0 aliphatic carbocycles. The number of aliphatic hydroxyl groups excluding tert-OH is 5. The lowest BCUT2D eigenvalue weighted by Crippen LogP contribution is -2.15. The van der Waals surface area contributed by atoms with E-state index in [-0.39, 0.29) is 13.2 Å². The molecule has 0 aromatic rings. The zero-order valence-corrected chi connectivity index (χ0v) is 9.76. The summed E-state index contributed by atoms with van der Waals surface area (Å²) in [6.45, 7) is 3.92. The first-order chi connectivity index (χ1) is 7.14. The van der Waals surface area contributed by atoms with Crippen molar-refractivity contribution in [2.24, 2.45) is 0 Å². The minimum absolute atomic E-state index is 0.319. The Morgan fingerprint density at radius 1 is 0.800 bits per heavy atom. The number of rotatable bonds is 5. The number of hydrogen-bond donors (Lipinski definition) is 5. The first kappa shape index (κ1) is 20.2. The Balaban J connectivity index is -0.000000147. The first-order valence-corrected chi connectivity index (χ1v) is 5.25. The van der Waals surface area contributed by atoms with E-state index in [1.807, 2.05) is 6.92 Å². The van der Waals surface area contributed by atoms with Crippen LogP contribution < -0.4 is 0 Å². The zero-order valence-electron chi connectivity index (χ0n) is 9.76. The van der Waals surface area contributed by atoms with Crippen LogP contribution in [-0.2, 0) is 0 Å². The second-order valence-electron chi connectivity index (χ2n) is 2.82. The highest BCUT2D eigenvalue weighted by atomic mass is 16.3. The lowest BCUT2D eigenvalue weighted by molar-refractivity contribution is 0.0450. The third kappa shape index (κ3) is 41.6. The number of hydrogen-bond acceptors (Lipinski definition) is 5. The first-order valence-electron chi connectivity index (χ1n) is 5.25. The van der Waals surface area contributed by atoms with E-state index in [9.17, 15) is 0 Å². The van der Waals surface area contributed by atoms with Gasteiger partial charge in [-0.15, -0.1) is 0 Å². The monoisotopic (exact) mass is 226 g/mol. The van der Waals surface area contributed by atoms with Crippen LogP contribution in [0.3, 0.4) is 0 Å². The quantitative estimate of drug-likeness (QED) is 0.435. The van der Waals surface area contributed by atoms with Gasteiger partial charge in [0, 0.05) is 13.2 Å². The van der Waals surface area contributed by atoms with Crippen molar-refractivity contribution < 1.29 is 25.5 Å². The van der Waals surface area contributed by atoms with Gasteiger partial charge in [0.15, 0.2) is 0 Å². The van der Waals surface area contributed by atoms with Crippen LogP contribution in [0.1, 0.15) is 33.1 Å². The van der Waals surface area contributed by atoms with E-state index >= 15 is 0 Å². The molecule has 0 aliphatic heterocycles. The molecule has 0 radical (unpaired) electrons. The van der Waals surface area contributed by atoms with E-state index in [2.05, 4.69) is 6.92 Å². The van der Waals surface area contributed by atoms with Crippen LogP contribution in [0.15, 0.2) is 0 Å². The summed E-state index contributed by atoms with van der Waals surface area (Å²) in [5, 5.41) is 40.0. The van der Waals surface area contributed by atoms with E-state index in [0.717, 1.165) is 19.3 Å². The fourth-order valence-electron chi connectivity index (χ4n) is 0.216. The van der Waals surface area contributed by atoms with Crippen molar-refractivity contribution in [2.45, 2.75) is 39.2 Å². The lowest BCUT2D eigenvalue weighted by Gasteiger charge is -1.96. The SMILES string of the molecule is CCCCO.CCCO.OCC(O)CO. The minimum atomic E-state index is -0.954. The molecule has 0 heterocycles. The van der Waals surface area contributed by atoms with Gasteiger partial charge in [-0.2, -0.15) is 0 Å². The van der Waals surface area contributed by atoms with Gasteiger partial charge in [-0.3, -0.25) is 0 Å². The smallest absolute Gasteiger partial charge is 0.100 e. The zero-order chi connectivity index (χ0) is 12.5. The van der Waals surface area contributed by atoms with Crippen LogP contribution in [-0.4, -0.2) is 58.1 Å². The molecule has 0 saturated heterocycles. The highest BCUT2D eigenvalue weighted by Gasteiger charge is 1.93. The van der Waals surface area contributed by atoms with E-state index in [1.54, 1.807) is 0 Å². The summed E-state index contributed by atoms with van der Waals surface area (Å²) in [5.74, 6) is 0. The van der Waals surface area contributed by atoms with Gasteiger partial charge in [-0.1, -0.05) is 20.3 Å². The molecular formula is C10H26O5. The Hall–Kier alpha value is -0.200. The van der Waals surface area contributed by atoms with E-state index in [4.69, 9.17) is 25.5 Å². The minimum Gasteiger partial charge on any atom is -0.396 e. The predicted octanol–water partition coefficient (Wildman–Crippen LogP) is -0.501. The summed E-state index contributed by atoms with van der Waals surface area (Å²) < 4.78 is 0. The third-order valence-corrected chi connectivity index (χ3v) is 1.16. The lowest BCUT2D eigenvalue weighted by atomic mass is 10.4. The molecular weight excluding hydrogens is 200 g/mol. The summed E-state index contributed by atoms with van der Waals surface area (Å²) >= 11 is 0. The summed E-state index contributed by atoms with van der Waals surface area (Å²) in [7, 11) is 0. The number of aliphatic hydroxyl groups is 5. The molecule has 0 fully saturated rings. The normalized spacial score (nSPS) is 8.80. The highest BCUT2D eigenvalue weighted by molar-refractivity contribution is 4.44. The Bertz CT molecular complexity index is 72.2. The molecule has 0 aromatic carbocycles. The molecule has 5 heteroatoms. The second-order valence-corrected chi connectivity index (χ2v) is 2.82. The van der Waals surface area contributed by atoms with E-state index < -0.39 is 6.10 Å². The van der Waals surface area contributed by atoms with Crippen molar-refractivity contribution >= 4 is 0 Å². The summed E-state index contributed by atoms with van der Waals surface area (Å²) in [6.07, 6.45) is 1.96. The molecule has 0 aromatic heterocycles. The van der Waals surface area contributed by atoms with Gasteiger partial charge < -0.3 is 25.5 Å². The van der Waals surface area contributed by atoms with E-state index in [0.29, 0.717) is 13.2 Å². The summed E-state index contributed by atoms with van der Waals surface area (Å²) in [4.78, 5) is 0. The average molecular weight is 226 g/mol. The van der Waals surface area contributed by atoms with Crippen LogP contribution in [0.4, 0.5) is 0 Å². The second kappa shape index (κ2) is 23.5. The van der Waals surface area contributed by atoms with Gasteiger partial charge in [-0.05, 0) is 12.8 Å². The molecule has 0 amide bonds. The van der Waals surface area contributed by atoms with Gasteiger partial charge in [0.05, 0.1) is 13.2 Å². The fraction of sp³-hybridized carbons (Fsp3) is 1.00. The van der Waals surface area contributed by atoms with Crippen LogP contribution >= 0.6 is 0 Å². The Morgan fingerprint density at radius 2 is 1.20 bits per heavy atom. The van der Waals surface area contributed by atoms with Crippen molar-refractivity contribution in [2.75, 3.05) is 26.4 Å². The van der Waals surface area contributed by atoms with Gasteiger partial charge >= 0.3 is 0 Å².